The Labute approximate surface area is 446 Å². The first-order valence-electron chi connectivity index (χ1n) is 25.0. The first-order chi connectivity index (χ1) is 36.3. The van der Waals surface area contributed by atoms with Crippen molar-refractivity contribution >= 4 is 103 Å². The van der Waals surface area contributed by atoms with E-state index in [1.807, 2.05) is 24.3 Å². The Kier molecular flexibility index (Phi) is 17.1. The molecule has 76 heavy (non-hydrogen) atoms. The van der Waals surface area contributed by atoms with Gasteiger partial charge in [0.15, 0.2) is 0 Å². The van der Waals surface area contributed by atoms with Gasteiger partial charge >= 0.3 is 12.1 Å². The van der Waals surface area contributed by atoms with Crippen LogP contribution in [0, 0.1) is 0 Å². The summed E-state index contributed by atoms with van der Waals surface area (Å²) < 4.78 is 67.8. The van der Waals surface area contributed by atoms with E-state index in [1.54, 1.807) is 60.0 Å². The number of nitrogens with one attached hydrogen (secondary N) is 10. The van der Waals surface area contributed by atoms with Crippen LogP contribution in [-0.4, -0.2) is 173 Å². The second-order valence-electron chi connectivity index (χ2n) is 19.6. The van der Waals surface area contributed by atoms with Gasteiger partial charge in [-0.2, -0.15) is 40.4 Å². The number of carbonyl (C=O) groups is 6. The lowest BCUT2D eigenvalue weighted by Gasteiger charge is -2.21. The summed E-state index contributed by atoms with van der Waals surface area (Å²) in [5.41, 5.74) is 3.06. The molecule has 1 aromatic rings. The van der Waals surface area contributed by atoms with Crippen molar-refractivity contribution in [3.05, 3.63) is 82.3 Å². The molecule has 1 aromatic heterocycles. The van der Waals surface area contributed by atoms with Crippen LogP contribution in [0.5, 0.6) is 0 Å². The molecule has 9 heterocycles. The molecule has 28 heteroatoms. The van der Waals surface area contributed by atoms with Crippen LogP contribution in [0.3, 0.4) is 0 Å². The van der Waals surface area contributed by atoms with Gasteiger partial charge in [0.2, 0.25) is 23.6 Å². The number of hydrogen-bond acceptors (Lipinski definition) is 15. The number of amides is 8. The minimum absolute atomic E-state index is 0.00947. The fraction of sp³-hybridized carbons (Fsp3) is 0.500. The first-order valence-corrected chi connectivity index (χ1v) is 30.4. The lowest BCUT2D eigenvalue weighted by atomic mass is 10.0. The van der Waals surface area contributed by atoms with Crippen molar-refractivity contribution in [3.63, 3.8) is 0 Å². The van der Waals surface area contributed by atoms with E-state index in [1.165, 1.54) is 0 Å². The molecule has 0 aliphatic carbocycles. The Hall–Kier alpha value is -6.04. The molecule has 8 aliphatic heterocycles. The number of carbonyl (C=O) groups excluding carboxylic acids is 6. The van der Waals surface area contributed by atoms with E-state index in [0.717, 1.165) is 24.3 Å². The van der Waals surface area contributed by atoms with Crippen LogP contribution < -0.4 is 58.5 Å². The Morgan fingerprint density at radius 2 is 1.30 bits per heavy atom. The summed E-state index contributed by atoms with van der Waals surface area (Å²) in [6.07, 6.45) is 18.2. The molecule has 0 saturated carbocycles. The lowest BCUT2D eigenvalue weighted by Crippen LogP contribution is -2.51. The van der Waals surface area contributed by atoms with Crippen molar-refractivity contribution < 1.29 is 54.7 Å². The highest BCUT2D eigenvalue weighted by molar-refractivity contribution is 8.00. The number of hydrogen-bond donors (Lipinski definition) is 12. The minimum Gasteiger partial charge on any atom is -0.355 e. The van der Waals surface area contributed by atoms with Crippen molar-refractivity contribution in [2.45, 2.75) is 110 Å². The fourth-order valence-electron chi connectivity index (χ4n) is 10.3. The molecule has 0 radical (unpaired) electrons. The zero-order chi connectivity index (χ0) is 53.7. The summed E-state index contributed by atoms with van der Waals surface area (Å²) in [4.78, 5) is 90.0. The van der Waals surface area contributed by atoms with Gasteiger partial charge in [0.25, 0.3) is 20.2 Å². The maximum Gasteiger partial charge on any atom is 0.315 e. The normalized spacial score (nSPS) is 29.6. The molecule has 4 saturated heterocycles. The maximum atomic E-state index is 13.7. The molecule has 408 valence electrons. The molecule has 0 spiro atoms. The summed E-state index contributed by atoms with van der Waals surface area (Å²) in [6.45, 7) is -0.289. The topological polar surface area (TPSA) is 360 Å². The Morgan fingerprint density at radius 3 is 1.89 bits per heavy atom. The fourth-order valence-corrected chi connectivity index (χ4v) is 14.7. The monoisotopic (exact) mass is 1120 g/mol. The number of aliphatic imine (C=N–C) groups is 2. The Morgan fingerprint density at radius 1 is 0.711 bits per heavy atom. The van der Waals surface area contributed by atoms with Crippen molar-refractivity contribution in [1.29, 1.82) is 0 Å². The molecule has 0 unspecified atom stereocenters. The average Bonchev–Trinajstić information content (AvgIpc) is 4.22. The summed E-state index contributed by atoms with van der Waals surface area (Å²) in [7, 11) is -9.41. The van der Waals surface area contributed by atoms with Crippen LogP contribution in [0.1, 0.15) is 51.4 Å². The van der Waals surface area contributed by atoms with E-state index in [2.05, 4.69) is 52.8 Å². The number of H-pyrrole nitrogens is 1. The summed E-state index contributed by atoms with van der Waals surface area (Å²) in [5, 5.41) is 27.2. The van der Waals surface area contributed by atoms with Gasteiger partial charge in [0.1, 0.15) is 23.6 Å². The predicted molar refractivity (Wildman–Crippen MR) is 287 cm³/mol. The van der Waals surface area contributed by atoms with Crippen LogP contribution in [0.15, 0.2) is 81.6 Å². The molecule has 10 atom stereocenters. The molecule has 8 aliphatic rings. The summed E-state index contributed by atoms with van der Waals surface area (Å²) in [6, 6.07) is -0.640. The molecule has 8 bridgehead atoms. The Bertz CT molecular complexity index is 3110. The second-order valence-corrected chi connectivity index (χ2v) is 25.2. The van der Waals surface area contributed by atoms with Crippen molar-refractivity contribution in [2.75, 3.05) is 36.1 Å². The van der Waals surface area contributed by atoms with E-state index in [9.17, 15) is 54.7 Å². The van der Waals surface area contributed by atoms with Crippen LogP contribution >= 0.6 is 23.5 Å². The number of aromatic amines is 1. The first kappa shape index (κ1) is 54.7. The smallest absolute Gasteiger partial charge is 0.315 e. The van der Waals surface area contributed by atoms with E-state index in [-0.39, 0.29) is 78.7 Å². The van der Waals surface area contributed by atoms with Gasteiger partial charge in [-0.25, -0.2) is 19.6 Å². The number of urea groups is 2. The quantitative estimate of drug-likeness (QED) is 0.0271. The number of unbranched alkanes of at least 4 members (excludes halogenated alkanes) is 2. The molecule has 8 amide bonds. The largest absolute Gasteiger partial charge is 0.355 e. The van der Waals surface area contributed by atoms with E-state index >= 15 is 0 Å². The second kappa shape index (κ2) is 23.7. The maximum absolute atomic E-state index is 13.7. The standard InChI is InChI=1S/C48H60N12O12S4/c61-41(7-3-1-5-39-43-35(21-73-39)57-47(65)59-43)55-37(23-75(67,68)69)45(63)49-19-29-31-13-9-25(51-31)17-27-11-15-33(53-27)30(34-16-12-28(54-34)18-26-10-14-32(29)52-26)20-50-46(64)38(24-76(70,71)72)56-42(62)8-4-2-6-40-44-36(22-74-40)58-48(66)60-44/h9-18,25,31,35-40,43-44,51,53H,1-8,19-24H2,(H,49,63)(H,50,64)(H,55,61)(H,56,62)(H2,57,59,65)(H2,58,60,66)(H,67,68,69)(H,70,71,72)/b27-17-,28-18-,32-29-,33-30-/t25-,31+,35+,36+,37+,38+,39+,40+,43+,44+/m1/s1. The number of aromatic nitrogens is 1. The highest BCUT2D eigenvalue weighted by atomic mass is 32.2. The summed E-state index contributed by atoms with van der Waals surface area (Å²) in [5.74, 6) is -3.29. The molecular formula is C48H60N12O12S4. The zero-order valence-corrected chi connectivity index (χ0v) is 44.2. The average molecular weight is 1130 g/mol. The van der Waals surface area contributed by atoms with Crippen molar-refractivity contribution in [2.24, 2.45) is 9.98 Å². The SMILES string of the molecule is O=C(CCCC[C@@H]1SC[C@@H]2NC(=O)N[C@@H]21)N[C@@H](CS(=O)(=O)O)C(=O)NC/C1=C2\C=CC(=N2)/C=C2/C=CC(=N2)/C(CNC(=O)[C@H](CS(=O)(=O)O)NC(=O)CCCC[C@@H]2SC[C@@H]3NC(=O)N[C@@H]32)=c2/cc/c([nH]2)=C/[C@H]2C=C[C@@H]1N2. The molecule has 12 N–H and O–H groups in total. The van der Waals surface area contributed by atoms with E-state index in [4.69, 9.17) is 9.98 Å². The highest BCUT2D eigenvalue weighted by Gasteiger charge is 2.44. The van der Waals surface area contributed by atoms with Crippen LogP contribution in [-0.2, 0) is 39.4 Å². The molecule has 0 aromatic carbocycles. The van der Waals surface area contributed by atoms with Gasteiger partial charge in [0, 0.05) is 70.2 Å². The third-order valence-electron chi connectivity index (χ3n) is 14.0. The van der Waals surface area contributed by atoms with Gasteiger partial charge in [-0.05, 0) is 79.8 Å². The van der Waals surface area contributed by atoms with Crippen molar-refractivity contribution in [1.82, 2.24) is 52.8 Å². The van der Waals surface area contributed by atoms with Crippen LogP contribution in [0.25, 0.3) is 11.6 Å². The zero-order valence-electron chi connectivity index (χ0n) is 41.0. The number of rotatable bonds is 22. The van der Waals surface area contributed by atoms with Gasteiger partial charge < -0.3 is 47.5 Å². The van der Waals surface area contributed by atoms with E-state index < -0.39 is 73.5 Å². The molecule has 24 nitrogen and oxygen atoms in total. The number of nitrogens with zero attached hydrogens (tertiary/aromatic N) is 2. The Balaban J connectivity index is 0.843. The number of allylic oxidation sites excluding steroid dienone is 5. The minimum atomic E-state index is -4.71. The van der Waals surface area contributed by atoms with Crippen LogP contribution in [0.2, 0.25) is 0 Å². The third-order valence-corrected chi connectivity index (χ3v) is 18.5. The number of thioether (sulfide) groups is 2. The van der Waals surface area contributed by atoms with Gasteiger partial charge in [-0.1, -0.05) is 25.0 Å². The van der Waals surface area contributed by atoms with Crippen molar-refractivity contribution in [3.8, 4) is 0 Å². The van der Waals surface area contributed by atoms with Gasteiger partial charge in [-0.15, -0.1) is 0 Å². The van der Waals surface area contributed by atoms with E-state index in [0.29, 0.717) is 70.3 Å². The molecule has 9 rings (SSSR count). The predicted octanol–water partition coefficient (Wildman–Crippen LogP) is -1.56. The van der Waals surface area contributed by atoms with Gasteiger partial charge in [0.05, 0.1) is 53.0 Å². The van der Waals surface area contributed by atoms with Crippen LogP contribution in [0.4, 0.5) is 9.59 Å². The third kappa shape index (κ3) is 14.3. The number of fused-ring (bicyclic) bond motifs is 8. The van der Waals surface area contributed by atoms with Gasteiger partial charge in [-0.3, -0.25) is 33.6 Å². The summed E-state index contributed by atoms with van der Waals surface area (Å²) >= 11 is 3.51. The highest BCUT2D eigenvalue weighted by Crippen LogP contribution is 2.34. The molecular weight excluding hydrogens is 1060 g/mol. The lowest BCUT2D eigenvalue weighted by molar-refractivity contribution is -0.128. The molecule has 4 fully saturated rings.